The van der Waals surface area contributed by atoms with Gasteiger partial charge in [-0.15, -0.1) is 0 Å². The number of rotatable bonds is 2. The van der Waals surface area contributed by atoms with Crippen molar-refractivity contribution in [2.24, 2.45) is 5.73 Å². The minimum Gasteiger partial charge on any atom is -0.393 e. The number of aliphatic hydroxyl groups is 1. The fraction of sp³-hybridized carbons (Fsp3) is 0.600. The van der Waals surface area contributed by atoms with Gasteiger partial charge < -0.3 is 15.7 Å². The molecule has 2 saturated heterocycles. The molecule has 2 fully saturated rings. The molecule has 104 valence electrons. The van der Waals surface area contributed by atoms with E-state index in [1.54, 1.807) is 0 Å². The minimum atomic E-state index is -0.115. The highest BCUT2D eigenvalue weighted by Gasteiger charge is 2.40. The van der Waals surface area contributed by atoms with Crippen molar-refractivity contribution in [3.05, 3.63) is 28.2 Å². The molecule has 19 heavy (non-hydrogen) atoms. The lowest BCUT2D eigenvalue weighted by Crippen LogP contribution is -2.45. The van der Waals surface area contributed by atoms with E-state index in [0.29, 0.717) is 12.1 Å². The lowest BCUT2D eigenvalue weighted by molar-refractivity contribution is 0.126. The summed E-state index contributed by atoms with van der Waals surface area (Å²) in [6.45, 7) is 2.00. The summed E-state index contributed by atoms with van der Waals surface area (Å²) in [4.78, 5) is 2.50. The number of fused-ring (bicyclic) bond motifs is 2. The standard InChI is InChI=1S/C15H21BrN2O/c1-9(17)10-2-5-15(14(16)6-10)18-11-3-4-12(18)8-13(19)7-11/h2,5-6,9,11-13,19H,3-4,7-8,17H2,1H3/t9-,11?,12?,13?/m0/s1. The van der Waals surface area contributed by atoms with E-state index < -0.39 is 0 Å². The van der Waals surface area contributed by atoms with Crippen LogP contribution in [0.3, 0.4) is 0 Å². The highest BCUT2D eigenvalue weighted by molar-refractivity contribution is 9.10. The monoisotopic (exact) mass is 324 g/mol. The van der Waals surface area contributed by atoms with Crippen molar-refractivity contribution in [2.75, 3.05) is 4.90 Å². The molecular weight excluding hydrogens is 304 g/mol. The fourth-order valence-electron chi connectivity index (χ4n) is 3.56. The molecule has 0 saturated carbocycles. The van der Waals surface area contributed by atoms with Gasteiger partial charge in [0.1, 0.15) is 0 Å². The van der Waals surface area contributed by atoms with Crippen LogP contribution in [0.5, 0.6) is 0 Å². The summed E-state index contributed by atoms with van der Waals surface area (Å²) in [7, 11) is 0. The average molecular weight is 325 g/mol. The van der Waals surface area contributed by atoms with Crippen molar-refractivity contribution in [2.45, 2.75) is 56.8 Å². The largest absolute Gasteiger partial charge is 0.393 e. The number of anilines is 1. The topological polar surface area (TPSA) is 49.5 Å². The summed E-state index contributed by atoms with van der Waals surface area (Å²) >= 11 is 3.69. The van der Waals surface area contributed by atoms with Gasteiger partial charge >= 0.3 is 0 Å². The zero-order valence-electron chi connectivity index (χ0n) is 11.2. The number of halogens is 1. The first-order valence-electron chi connectivity index (χ1n) is 7.07. The third-order valence-electron chi connectivity index (χ3n) is 4.48. The van der Waals surface area contributed by atoms with E-state index in [9.17, 15) is 5.11 Å². The van der Waals surface area contributed by atoms with Gasteiger partial charge in [0.05, 0.1) is 11.8 Å². The van der Waals surface area contributed by atoms with Gasteiger partial charge in [0.15, 0.2) is 0 Å². The summed E-state index contributed by atoms with van der Waals surface area (Å²) in [6.07, 6.45) is 4.08. The van der Waals surface area contributed by atoms with E-state index >= 15 is 0 Å². The molecule has 0 spiro atoms. The lowest BCUT2D eigenvalue weighted by atomic mass is 9.98. The van der Waals surface area contributed by atoms with Gasteiger partial charge in [-0.25, -0.2) is 0 Å². The Kier molecular flexibility index (Phi) is 3.58. The van der Waals surface area contributed by atoms with Crippen LogP contribution in [0.1, 0.15) is 44.2 Å². The molecule has 0 aromatic heterocycles. The Bertz CT molecular complexity index is 463. The minimum absolute atomic E-state index is 0.0604. The SMILES string of the molecule is C[C@H](N)c1ccc(N2C3CCC2CC(O)C3)c(Br)c1. The molecule has 1 aromatic carbocycles. The average Bonchev–Trinajstić information content (AvgIpc) is 2.62. The van der Waals surface area contributed by atoms with Crippen LogP contribution in [0.4, 0.5) is 5.69 Å². The number of benzene rings is 1. The summed E-state index contributed by atoms with van der Waals surface area (Å²) in [6, 6.07) is 7.47. The maximum absolute atomic E-state index is 9.89. The molecular formula is C15H21BrN2O. The Hall–Kier alpha value is -0.580. The Morgan fingerprint density at radius 2 is 1.95 bits per heavy atom. The van der Waals surface area contributed by atoms with Gasteiger partial charge in [-0.1, -0.05) is 6.07 Å². The second kappa shape index (κ2) is 5.08. The van der Waals surface area contributed by atoms with Crippen LogP contribution in [0.25, 0.3) is 0 Å². The maximum atomic E-state index is 9.89. The van der Waals surface area contributed by atoms with Crippen molar-refractivity contribution < 1.29 is 5.11 Å². The Morgan fingerprint density at radius 1 is 1.32 bits per heavy atom. The zero-order chi connectivity index (χ0) is 13.6. The van der Waals surface area contributed by atoms with E-state index in [4.69, 9.17) is 5.73 Å². The first-order chi connectivity index (χ1) is 9.06. The van der Waals surface area contributed by atoms with Gasteiger partial charge in [0.25, 0.3) is 0 Å². The van der Waals surface area contributed by atoms with Crippen LogP contribution >= 0.6 is 15.9 Å². The predicted molar refractivity (Wildman–Crippen MR) is 81.3 cm³/mol. The van der Waals surface area contributed by atoms with Crippen LogP contribution in [0.15, 0.2) is 22.7 Å². The first-order valence-corrected chi connectivity index (χ1v) is 7.87. The predicted octanol–water partition coefficient (Wildman–Crippen LogP) is 2.96. The van der Waals surface area contributed by atoms with Gasteiger partial charge in [-0.05, 0) is 66.2 Å². The second-order valence-electron chi connectivity index (χ2n) is 5.92. The number of aliphatic hydroxyl groups excluding tert-OH is 1. The summed E-state index contributed by atoms with van der Waals surface area (Å²) in [5.74, 6) is 0. The van der Waals surface area contributed by atoms with Crippen molar-refractivity contribution >= 4 is 21.6 Å². The van der Waals surface area contributed by atoms with Crippen LogP contribution in [0, 0.1) is 0 Å². The highest BCUT2D eigenvalue weighted by atomic mass is 79.9. The number of piperidine rings is 1. The van der Waals surface area contributed by atoms with E-state index in [-0.39, 0.29) is 12.1 Å². The Balaban J connectivity index is 1.91. The highest BCUT2D eigenvalue weighted by Crippen LogP contribution is 2.42. The van der Waals surface area contributed by atoms with Gasteiger partial charge in [0.2, 0.25) is 0 Å². The third-order valence-corrected chi connectivity index (χ3v) is 5.12. The molecule has 1 aromatic rings. The summed E-state index contributed by atoms with van der Waals surface area (Å²) in [5, 5.41) is 9.89. The van der Waals surface area contributed by atoms with E-state index in [2.05, 4.69) is 39.0 Å². The number of hydrogen-bond acceptors (Lipinski definition) is 3. The molecule has 4 heteroatoms. The molecule has 3 N–H and O–H groups in total. The molecule has 3 rings (SSSR count). The summed E-state index contributed by atoms with van der Waals surface area (Å²) in [5.41, 5.74) is 8.34. The van der Waals surface area contributed by atoms with Crippen LogP contribution in [-0.4, -0.2) is 23.3 Å². The van der Waals surface area contributed by atoms with Crippen LogP contribution in [-0.2, 0) is 0 Å². The van der Waals surface area contributed by atoms with Crippen molar-refractivity contribution in [3.8, 4) is 0 Å². The Labute approximate surface area is 122 Å². The van der Waals surface area contributed by atoms with Gasteiger partial charge in [-0.2, -0.15) is 0 Å². The quantitative estimate of drug-likeness (QED) is 0.879. The molecule has 0 radical (unpaired) electrons. The maximum Gasteiger partial charge on any atom is 0.0579 e. The molecule has 2 heterocycles. The number of nitrogens with two attached hydrogens (primary N) is 1. The number of hydrogen-bond donors (Lipinski definition) is 2. The molecule has 0 amide bonds. The molecule has 2 bridgehead atoms. The zero-order valence-corrected chi connectivity index (χ0v) is 12.8. The molecule has 0 aliphatic carbocycles. The van der Waals surface area contributed by atoms with Gasteiger partial charge in [0, 0.05) is 22.6 Å². The van der Waals surface area contributed by atoms with Crippen molar-refractivity contribution in [1.29, 1.82) is 0 Å². The smallest absolute Gasteiger partial charge is 0.0579 e. The normalized spacial score (nSPS) is 31.6. The fourth-order valence-corrected chi connectivity index (χ4v) is 4.16. The van der Waals surface area contributed by atoms with E-state index in [1.807, 2.05) is 6.92 Å². The first kappa shape index (κ1) is 13.4. The van der Waals surface area contributed by atoms with Crippen molar-refractivity contribution in [1.82, 2.24) is 0 Å². The molecule has 3 nitrogen and oxygen atoms in total. The Morgan fingerprint density at radius 3 is 2.47 bits per heavy atom. The van der Waals surface area contributed by atoms with Crippen molar-refractivity contribution in [3.63, 3.8) is 0 Å². The summed E-state index contributed by atoms with van der Waals surface area (Å²) < 4.78 is 1.12. The molecule has 3 atom stereocenters. The molecule has 2 aliphatic heterocycles. The number of nitrogens with zero attached hydrogens (tertiary/aromatic N) is 1. The molecule has 2 unspecified atom stereocenters. The third kappa shape index (κ3) is 2.41. The second-order valence-corrected chi connectivity index (χ2v) is 6.77. The van der Waals surface area contributed by atoms with Crippen LogP contribution in [0.2, 0.25) is 0 Å². The molecule has 2 aliphatic rings. The lowest BCUT2D eigenvalue weighted by Gasteiger charge is -2.39. The van der Waals surface area contributed by atoms with E-state index in [0.717, 1.165) is 22.9 Å². The van der Waals surface area contributed by atoms with Gasteiger partial charge in [-0.3, -0.25) is 0 Å². The van der Waals surface area contributed by atoms with E-state index in [1.165, 1.54) is 18.5 Å². The van der Waals surface area contributed by atoms with Crippen LogP contribution < -0.4 is 10.6 Å².